The van der Waals surface area contributed by atoms with E-state index in [0.29, 0.717) is 11.2 Å². The van der Waals surface area contributed by atoms with Crippen molar-refractivity contribution in [1.82, 2.24) is 0 Å². The molecule has 0 aliphatic heterocycles. The molecular formula is C11H15NO4S. The molecule has 1 aromatic carbocycles. The highest BCUT2D eigenvalue weighted by molar-refractivity contribution is 7.86. The average Bonchev–Trinajstić information content (AvgIpc) is 2.27. The van der Waals surface area contributed by atoms with Crippen molar-refractivity contribution in [1.29, 1.82) is 0 Å². The van der Waals surface area contributed by atoms with Crippen molar-refractivity contribution < 1.29 is 17.7 Å². The van der Waals surface area contributed by atoms with Gasteiger partial charge in [-0.1, -0.05) is 19.1 Å². The molecule has 0 aliphatic carbocycles. The van der Waals surface area contributed by atoms with Crippen molar-refractivity contribution in [2.45, 2.75) is 31.2 Å². The van der Waals surface area contributed by atoms with Crippen molar-refractivity contribution in [2.75, 3.05) is 0 Å². The lowest BCUT2D eigenvalue weighted by Gasteiger charge is -2.10. The van der Waals surface area contributed by atoms with Crippen LogP contribution in [0.15, 0.2) is 29.2 Å². The third kappa shape index (κ3) is 3.54. The molecular weight excluding hydrogens is 242 g/mol. The zero-order chi connectivity index (χ0) is 13.1. The SMILES string of the molecule is CCC(C)/[N+]([O-])=C/c1ccccc1S(=O)(=O)O. The molecule has 0 bridgehead atoms. The lowest BCUT2D eigenvalue weighted by Crippen LogP contribution is -2.19. The molecule has 5 nitrogen and oxygen atoms in total. The smallest absolute Gasteiger partial charge is 0.295 e. The summed E-state index contributed by atoms with van der Waals surface area (Å²) in [5.41, 5.74) is 0.185. The topological polar surface area (TPSA) is 80.4 Å². The Bertz CT molecular complexity index is 522. The van der Waals surface area contributed by atoms with Gasteiger partial charge in [-0.25, -0.2) is 4.74 Å². The van der Waals surface area contributed by atoms with E-state index in [0.717, 1.165) is 0 Å². The highest BCUT2D eigenvalue weighted by atomic mass is 32.2. The van der Waals surface area contributed by atoms with E-state index < -0.39 is 10.1 Å². The molecule has 94 valence electrons. The van der Waals surface area contributed by atoms with Crippen LogP contribution in [0.4, 0.5) is 0 Å². The molecule has 0 radical (unpaired) electrons. The maximum atomic E-state index is 11.6. The van der Waals surface area contributed by atoms with Gasteiger partial charge in [-0.3, -0.25) is 4.55 Å². The van der Waals surface area contributed by atoms with Crippen molar-refractivity contribution in [3.63, 3.8) is 0 Å². The maximum Gasteiger partial charge on any atom is 0.295 e. The fourth-order valence-corrected chi connectivity index (χ4v) is 1.94. The predicted molar refractivity (Wildman–Crippen MR) is 64.8 cm³/mol. The normalized spacial score (nSPS) is 14.6. The Morgan fingerprint density at radius 2 is 2.06 bits per heavy atom. The fourth-order valence-electron chi connectivity index (χ4n) is 1.27. The first-order chi connectivity index (χ1) is 7.86. The van der Waals surface area contributed by atoms with Crippen LogP contribution in [0.25, 0.3) is 0 Å². The molecule has 0 saturated carbocycles. The minimum Gasteiger partial charge on any atom is -0.624 e. The summed E-state index contributed by atoms with van der Waals surface area (Å²) in [7, 11) is -4.31. The third-order valence-corrected chi connectivity index (χ3v) is 3.42. The molecule has 1 atom stereocenters. The van der Waals surface area contributed by atoms with E-state index >= 15 is 0 Å². The minimum atomic E-state index is -4.31. The van der Waals surface area contributed by atoms with Crippen LogP contribution in [0, 0.1) is 5.21 Å². The van der Waals surface area contributed by atoms with E-state index in [9.17, 15) is 13.6 Å². The molecule has 1 rings (SSSR count). The monoisotopic (exact) mass is 257 g/mol. The van der Waals surface area contributed by atoms with Crippen LogP contribution in [-0.4, -0.2) is 30.0 Å². The molecule has 0 amide bonds. The van der Waals surface area contributed by atoms with Crippen molar-refractivity contribution in [3.05, 3.63) is 35.0 Å². The van der Waals surface area contributed by atoms with Gasteiger partial charge in [-0.2, -0.15) is 8.42 Å². The minimum absolute atomic E-state index is 0.185. The molecule has 0 aromatic heterocycles. The van der Waals surface area contributed by atoms with Crippen molar-refractivity contribution >= 4 is 16.3 Å². The Labute approximate surface area is 101 Å². The highest BCUT2D eigenvalue weighted by Gasteiger charge is 2.16. The summed E-state index contributed by atoms with van der Waals surface area (Å²) < 4.78 is 31.9. The molecule has 1 aromatic rings. The largest absolute Gasteiger partial charge is 0.624 e. The fraction of sp³-hybridized carbons (Fsp3) is 0.364. The second-order valence-electron chi connectivity index (χ2n) is 3.76. The molecule has 6 heteroatoms. The van der Waals surface area contributed by atoms with E-state index in [-0.39, 0.29) is 16.5 Å². The summed E-state index contributed by atoms with van der Waals surface area (Å²) in [6.45, 7) is 3.59. The summed E-state index contributed by atoms with van der Waals surface area (Å²) in [6.07, 6.45) is 1.82. The molecule has 1 unspecified atom stereocenters. The Morgan fingerprint density at radius 1 is 1.47 bits per heavy atom. The number of hydrogen-bond donors (Lipinski definition) is 1. The first-order valence-corrected chi connectivity index (χ1v) is 6.67. The summed E-state index contributed by atoms with van der Waals surface area (Å²) >= 11 is 0. The second kappa shape index (κ2) is 5.29. The molecule has 17 heavy (non-hydrogen) atoms. The van der Waals surface area contributed by atoms with Gasteiger partial charge < -0.3 is 5.21 Å². The Morgan fingerprint density at radius 3 is 2.59 bits per heavy atom. The van der Waals surface area contributed by atoms with Crippen LogP contribution in [0.3, 0.4) is 0 Å². The number of hydroxylamine groups is 1. The number of rotatable bonds is 4. The number of hydrogen-bond acceptors (Lipinski definition) is 3. The summed E-state index contributed by atoms with van der Waals surface area (Å²) in [5.74, 6) is 0. The summed E-state index contributed by atoms with van der Waals surface area (Å²) in [4.78, 5) is -0.260. The molecule has 0 saturated heterocycles. The lowest BCUT2D eigenvalue weighted by molar-refractivity contribution is -0.492. The van der Waals surface area contributed by atoms with Gasteiger partial charge in [0.2, 0.25) is 0 Å². The highest BCUT2D eigenvalue weighted by Crippen LogP contribution is 2.13. The maximum absolute atomic E-state index is 11.6. The zero-order valence-corrected chi connectivity index (χ0v) is 10.5. The van der Waals surface area contributed by atoms with Gasteiger partial charge >= 0.3 is 0 Å². The summed E-state index contributed by atoms with van der Waals surface area (Å²) in [5, 5.41) is 11.6. The van der Waals surface area contributed by atoms with Gasteiger partial charge in [0, 0.05) is 6.42 Å². The Kier molecular flexibility index (Phi) is 4.25. The van der Waals surface area contributed by atoms with Crippen LogP contribution in [0.5, 0.6) is 0 Å². The molecule has 0 aliphatic rings. The van der Waals surface area contributed by atoms with E-state index in [1.807, 2.05) is 6.92 Å². The van der Waals surface area contributed by atoms with Gasteiger partial charge in [0.15, 0.2) is 12.3 Å². The third-order valence-electron chi connectivity index (χ3n) is 2.49. The first-order valence-electron chi connectivity index (χ1n) is 5.23. The van der Waals surface area contributed by atoms with E-state index in [4.69, 9.17) is 4.55 Å². The average molecular weight is 257 g/mol. The van der Waals surface area contributed by atoms with Crippen molar-refractivity contribution in [3.8, 4) is 0 Å². The van der Waals surface area contributed by atoms with E-state index in [2.05, 4.69) is 0 Å². The van der Waals surface area contributed by atoms with Gasteiger partial charge in [-0.15, -0.1) is 0 Å². The zero-order valence-electron chi connectivity index (χ0n) is 9.70. The van der Waals surface area contributed by atoms with Crippen molar-refractivity contribution in [2.24, 2.45) is 0 Å². The Hall–Kier alpha value is -1.40. The quantitative estimate of drug-likeness (QED) is 0.292. The van der Waals surface area contributed by atoms with Gasteiger partial charge in [0.05, 0.1) is 5.56 Å². The van der Waals surface area contributed by atoms with Crippen LogP contribution < -0.4 is 0 Å². The molecule has 0 heterocycles. The first kappa shape index (κ1) is 13.7. The Balaban J connectivity index is 3.25. The second-order valence-corrected chi connectivity index (χ2v) is 5.15. The molecule has 0 spiro atoms. The van der Waals surface area contributed by atoms with Crippen LogP contribution >= 0.6 is 0 Å². The summed E-state index contributed by atoms with van der Waals surface area (Å²) in [6, 6.07) is 5.57. The van der Waals surface area contributed by atoms with Crippen LogP contribution in [0.2, 0.25) is 0 Å². The number of nitrogens with zero attached hydrogens (tertiary/aromatic N) is 1. The van der Waals surface area contributed by atoms with Crippen LogP contribution in [0.1, 0.15) is 25.8 Å². The van der Waals surface area contributed by atoms with Gasteiger partial charge in [0.25, 0.3) is 10.1 Å². The van der Waals surface area contributed by atoms with Gasteiger partial charge in [-0.05, 0) is 19.1 Å². The van der Waals surface area contributed by atoms with E-state index in [1.54, 1.807) is 13.0 Å². The predicted octanol–water partition coefficient (Wildman–Crippen LogP) is 1.66. The van der Waals surface area contributed by atoms with Gasteiger partial charge in [0.1, 0.15) is 4.90 Å². The van der Waals surface area contributed by atoms with E-state index in [1.165, 1.54) is 24.4 Å². The van der Waals surface area contributed by atoms with Crippen LogP contribution in [-0.2, 0) is 10.1 Å². The standard InChI is InChI=1S/C11H15NO4S/c1-3-9(2)12(13)8-10-6-4-5-7-11(10)17(14,15)16/h4-9H,3H2,1-2H3,(H,14,15,16)/b12-8-. The lowest BCUT2D eigenvalue weighted by atomic mass is 10.2. The number of benzene rings is 1. The molecule has 1 N–H and O–H groups in total. The molecule has 0 fully saturated rings.